The second-order valence-electron chi connectivity index (χ2n) is 6.03. The number of anilines is 1. The Hall–Kier alpha value is -3.75. The molecule has 0 saturated carbocycles. The number of fused-ring (bicyclic) bond motifs is 1. The maximum atomic E-state index is 12.6. The van der Waals surface area contributed by atoms with Crippen LogP contribution in [0.4, 0.5) is 5.69 Å². The van der Waals surface area contributed by atoms with Crippen LogP contribution in [0.25, 0.3) is 0 Å². The highest BCUT2D eigenvalue weighted by Crippen LogP contribution is 2.32. The summed E-state index contributed by atoms with van der Waals surface area (Å²) in [7, 11) is 0. The summed E-state index contributed by atoms with van der Waals surface area (Å²) in [5.74, 6) is 0.925. The second kappa shape index (κ2) is 7.47. The molecule has 3 aromatic rings. The Bertz CT molecular complexity index is 1010. The number of nitrogens with zero attached hydrogens (tertiary/aromatic N) is 2. The Morgan fingerprint density at radius 3 is 2.82 bits per heavy atom. The molecule has 9 nitrogen and oxygen atoms in total. The minimum Gasteiger partial charge on any atom is -0.467 e. The molecule has 28 heavy (non-hydrogen) atoms. The van der Waals surface area contributed by atoms with Gasteiger partial charge in [-0.25, -0.2) is 0 Å². The molecule has 2 amide bonds. The van der Waals surface area contributed by atoms with Crippen molar-refractivity contribution >= 4 is 17.5 Å². The minimum atomic E-state index is -0.412. The van der Waals surface area contributed by atoms with Crippen LogP contribution in [0, 0.1) is 0 Å². The summed E-state index contributed by atoms with van der Waals surface area (Å²) in [6.45, 7) is 2.80. The zero-order chi connectivity index (χ0) is 19.5. The molecular weight excluding hydrogens is 364 g/mol. The number of carbonyl (C=O) groups is 2. The van der Waals surface area contributed by atoms with Crippen molar-refractivity contribution in [2.75, 3.05) is 12.1 Å². The third-order valence-corrected chi connectivity index (χ3v) is 4.19. The normalized spacial score (nSPS) is 12.0. The quantitative estimate of drug-likeness (QED) is 0.678. The van der Waals surface area contributed by atoms with E-state index in [9.17, 15) is 9.59 Å². The first-order valence-corrected chi connectivity index (χ1v) is 8.73. The fourth-order valence-electron chi connectivity index (χ4n) is 2.74. The molecule has 3 heterocycles. The van der Waals surface area contributed by atoms with Crippen LogP contribution in [-0.4, -0.2) is 28.4 Å². The number of benzene rings is 1. The lowest BCUT2D eigenvalue weighted by molar-refractivity contribution is 0.0943. The van der Waals surface area contributed by atoms with E-state index in [-0.39, 0.29) is 24.9 Å². The van der Waals surface area contributed by atoms with Crippen LogP contribution in [0.1, 0.15) is 33.5 Å². The van der Waals surface area contributed by atoms with Gasteiger partial charge in [-0.3, -0.25) is 14.3 Å². The Kier molecular flexibility index (Phi) is 4.71. The summed E-state index contributed by atoms with van der Waals surface area (Å²) >= 11 is 0. The molecule has 9 heteroatoms. The Balaban J connectivity index is 1.51. The molecule has 1 aliphatic rings. The predicted octanol–water partition coefficient (Wildman–Crippen LogP) is 2.41. The highest BCUT2D eigenvalue weighted by molar-refractivity contribution is 6.08. The minimum absolute atomic E-state index is 0.127. The van der Waals surface area contributed by atoms with E-state index < -0.39 is 5.91 Å². The molecule has 1 aromatic carbocycles. The summed E-state index contributed by atoms with van der Waals surface area (Å²) in [5.41, 5.74) is 0.833. The number of rotatable bonds is 6. The van der Waals surface area contributed by atoms with Crippen molar-refractivity contribution < 1.29 is 23.5 Å². The molecule has 0 aliphatic carbocycles. The molecule has 0 unspecified atom stereocenters. The molecule has 0 fully saturated rings. The van der Waals surface area contributed by atoms with Crippen LogP contribution in [0.5, 0.6) is 11.5 Å². The molecule has 144 valence electrons. The van der Waals surface area contributed by atoms with Gasteiger partial charge >= 0.3 is 0 Å². The molecule has 0 radical (unpaired) electrons. The Labute approximate surface area is 160 Å². The molecule has 0 saturated heterocycles. The van der Waals surface area contributed by atoms with E-state index in [0.717, 1.165) is 0 Å². The van der Waals surface area contributed by atoms with Crippen LogP contribution < -0.4 is 20.1 Å². The van der Waals surface area contributed by atoms with Gasteiger partial charge in [0.25, 0.3) is 11.8 Å². The molecule has 2 aromatic heterocycles. The average molecular weight is 382 g/mol. The largest absolute Gasteiger partial charge is 0.467 e. The maximum Gasteiger partial charge on any atom is 0.274 e. The molecule has 0 bridgehead atoms. The van der Waals surface area contributed by atoms with Gasteiger partial charge < -0.3 is 24.5 Å². The molecular formula is C19H18N4O5. The van der Waals surface area contributed by atoms with Crippen LogP contribution in [0.2, 0.25) is 0 Å². The number of ether oxygens (including phenoxy) is 2. The van der Waals surface area contributed by atoms with Crippen molar-refractivity contribution in [1.82, 2.24) is 15.1 Å². The zero-order valence-corrected chi connectivity index (χ0v) is 15.1. The van der Waals surface area contributed by atoms with Gasteiger partial charge in [0, 0.05) is 18.3 Å². The van der Waals surface area contributed by atoms with Gasteiger partial charge in [0.05, 0.1) is 18.5 Å². The highest BCUT2D eigenvalue weighted by atomic mass is 16.7. The van der Waals surface area contributed by atoms with Crippen molar-refractivity contribution in [2.24, 2.45) is 0 Å². The monoisotopic (exact) mass is 382 g/mol. The molecule has 0 atom stereocenters. The van der Waals surface area contributed by atoms with Gasteiger partial charge in [-0.1, -0.05) is 0 Å². The van der Waals surface area contributed by atoms with E-state index in [1.807, 2.05) is 6.92 Å². The molecule has 1 aliphatic heterocycles. The van der Waals surface area contributed by atoms with Crippen molar-refractivity contribution in [3.05, 3.63) is 59.8 Å². The van der Waals surface area contributed by atoms with Crippen molar-refractivity contribution in [1.29, 1.82) is 0 Å². The summed E-state index contributed by atoms with van der Waals surface area (Å²) in [4.78, 5) is 25.2. The fourth-order valence-corrected chi connectivity index (χ4v) is 2.74. The number of amides is 2. The first-order chi connectivity index (χ1) is 13.6. The number of hydrogen-bond acceptors (Lipinski definition) is 6. The van der Waals surface area contributed by atoms with Gasteiger partial charge in [0.15, 0.2) is 17.2 Å². The van der Waals surface area contributed by atoms with E-state index >= 15 is 0 Å². The van der Waals surface area contributed by atoms with E-state index in [1.54, 1.807) is 41.2 Å². The summed E-state index contributed by atoms with van der Waals surface area (Å²) in [6.07, 6.45) is 3.15. The molecule has 0 spiro atoms. The van der Waals surface area contributed by atoms with E-state index in [4.69, 9.17) is 13.9 Å². The smallest absolute Gasteiger partial charge is 0.274 e. The standard InChI is InChI=1S/C19H18N4O5/c1-2-23-10-14(17(22-23)19(25)20-9-13-4-3-7-26-13)21-18(24)12-5-6-15-16(8-12)28-11-27-15/h3-8,10H,2,9,11H2,1H3,(H,20,25)(H,21,24). The number of carbonyl (C=O) groups excluding carboxylic acids is 2. The van der Waals surface area contributed by atoms with Gasteiger partial charge in [-0.05, 0) is 37.3 Å². The van der Waals surface area contributed by atoms with Crippen LogP contribution in [0.3, 0.4) is 0 Å². The molecule has 4 rings (SSSR count). The van der Waals surface area contributed by atoms with Crippen LogP contribution >= 0.6 is 0 Å². The van der Waals surface area contributed by atoms with E-state index in [0.29, 0.717) is 35.1 Å². The second-order valence-corrected chi connectivity index (χ2v) is 6.03. The Morgan fingerprint density at radius 1 is 1.18 bits per heavy atom. The molecule has 2 N–H and O–H groups in total. The van der Waals surface area contributed by atoms with Crippen LogP contribution in [0.15, 0.2) is 47.2 Å². The number of aromatic nitrogens is 2. The number of hydrogen-bond donors (Lipinski definition) is 2. The lowest BCUT2D eigenvalue weighted by Crippen LogP contribution is -2.25. The highest BCUT2D eigenvalue weighted by Gasteiger charge is 2.21. The van der Waals surface area contributed by atoms with E-state index in [1.165, 1.54) is 6.26 Å². The topological polar surface area (TPSA) is 108 Å². The fraction of sp³-hybridized carbons (Fsp3) is 0.211. The number of nitrogens with one attached hydrogen (secondary N) is 2. The SMILES string of the molecule is CCn1cc(NC(=O)c2ccc3c(c2)OCO3)c(C(=O)NCc2ccco2)n1. The summed E-state index contributed by atoms with van der Waals surface area (Å²) in [6, 6.07) is 8.39. The predicted molar refractivity (Wildman–Crippen MR) is 98.3 cm³/mol. The maximum absolute atomic E-state index is 12.6. The van der Waals surface area contributed by atoms with Gasteiger partial charge in [0.1, 0.15) is 5.76 Å². The average Bonchev–Trinajstić information content (AvgIpc) is 3.45. The summed E-state index contributed by atoms with van der Waals surface area (Å²) in [5, 5.41) is 9.72. The number of aryl methyl sites for hydroxylation is 1. The van der Waals surface area contributed by atoms with Gasteiger partial charge in [-0.2, -0.15) is 5.10 Å². The van der Waals surface area contributed by atoms with E-state index in [2.05, 4.69) is 15.7 Å². The Morgan fingerprint density at radius 2 is 2.04 bits per heavy atom. The van der Waals surface area contributed by atoms with Crippen molar-refractivity contribution in [3.8, 4) is 11.5 Å². The van der Waals surface area contributed by atoms with Crippen LogP contribution in [-0.2, 0) is 13.1 Å². The third-order valence-electron chi connectivity index (χ3n) is 4.19. The van der Waals surface area contributed by atoms with Gasteiger partial charge in [-0.15, -0.1) is 0 Å². The zero-order valence-electron chi connectivity index (χ0n) is 15.1. The van der Waals surface area contributed by atoms with Gasteiger partial charge in [0.2, 0.25) is 6.79 Å². The summed E-state index contributed by atoms with van der Waals surface area (Å²) < 4.78 is 17.3. The lowest BCUT2D eigenvalue weighted by Gasteiger charge is -2.06. The van der Waals surface area contributed by atoms with Crippen molar-refractivity contribution in [3.63, 3.8) is 0 Å². The first-order valence-electron chi connectivity index (χ1n) is 8.73. The number of furan rings is 1. The first kappa shape index (κ1) is 17.7. The third kappa shape index (κ3) is 3.54. The van der Waals surface area contributed by atoms with Crippen molar-refractivity contribution in [2.45, 2.75) is 20.0 Å². The lowest BCUT2D eigenvalue weighted by atomic mass is 10.2.